The minimum atomic E-state index is 1.07. The molecule has 0 unspecified atom stereocenters. The molecule has 0 spiro atoms. The lowest BCUT2D eigenvalue weighted by Gasteiger charge is -1.95. The standard InChI is InChI=1S/C17H25/c1-3-5-7-9-11-13-15-17-16-14-12-10-8-6-4-2/h3,5,7,9,11,13,15-17H,1-2,4,6,8,10,12,14H2. The fourth-order valence-electron chi connectivity index (χ4n) is 1.37. The highest BCUT2D eigenvalue weighted by molar-refractivity contribution is 5.17. The summed E-state index contributed by atoms with van der Waals surface area (Å²) in [6.07, 6.45) is 25.6. The Morgan fingerprint density at radius 3 is 1.88 bits per heavy atom. The number of unbranched alkanes of at least 4 members (excludes halogenated alkanes) is 5. The Hall–Kier alpha value is -1.30. The fourth-order valence-corrected chi connectivity index (χ4v) is 1.37. The van der Waals surface area contributed by atoms with Crippen LogP contribution in [-0.4, -0.2) is 0 Å². The molecule has 17 heavy (non-hydrogen) atoms. The first-order valence-electron chi connectivity index (χ1n) is 6.48. The SMILES string of the molecule is [CH2]CCCCCCC=CC=CC=CC=CC=C. The maximum Gasteiger partial charge on any atom is -0.0348 e. The van der Waals surface area contributed by atoms with E-state index in [1.54, 1.807) is 6.08 Å². The van der Waals surface area contributed by atoms with E-state index in [0.717, 1.165) is 6.42 Å². The summed E-state index contributed by atoms with van der Waals surface area (Å²) >= 11 is 0. The van der Waals surface area contributed by atoms with Gasteiger partial charge in [0.25, 0.3) is 0 Å². The van der Waals surface area contributed by atoms with Crippen LogP contribution in [0.1, 0.15) is 38.5 Å². The average molecular weight is 229 g/mol. The van der Waals surface area contributed by atoms with E-state index in [4.69, 9.17) is 0 Å². The molecule has 0 nitrogen and oxygen atoms in total. The van der Waals surface area contributed by atoms with Crippen molar-refractivity contribution in [1.82, 2.24) is 0 Å². The second kappa shape index (κ2) is 14.7. The van der Waals surface area contributed by atoms with Gasteiger partial charge in [0.2, 0.25) is 0 Å². The maximum absolute atomic E-state index is 3.84. The van der Waals surface area contributed by atoms with Gasteiger partial charge in [0, 0.05) is 0 Å². The van der Waals surface area contributed by atoms with Gasteiger partial charge in [-0.1, -0.05) is 93.9 Å². The summed E-state index contributed by atoms with van der Waals surface area (Å²) in [7, 11) is 0. The zero-order valence-corrected chi connectivity index (χ0v) is 10.9. The first-order chi connectivity index (χ1) is 8.41. The lowest BCUT2D eigenvalue weighted by Crippen LogP contribution is -1.75. The molecule has 0 N–H and O–H groups in total. The summed E-state index contributed by atoms with van der Waals surface area (Å²) in [4.78, 5) is 0. The Morgan fingerprint density at radius 1 is 0.647 bits per heavy atom. The second-order valence-electron chi connectivity index (χ2n) is 3.87. The first kappa shape index (κ1) is 15.7. The molecular weight excluding hydrogens is 204 g/mol. The normalized spacial score (nSPS) is 12.5. The van der Waals surface area contributed by atoms with Crippen molar-refractivity contribution in [1.29, 1.82) is 0 Å². The van der Waals surface area contributed by atoms with Gasteiger partial charge >= 0.3 is 0 Å². The molecule has 0 aromatic carbocycles. The van der Waals surface area contributed by atoms with E-state index in [1.807, 2.05) is 30.4 Å². The van der Waals surface area contributed by atoms with Gasteiger partial charge in [0.15, 0.2) is 0 Å². The molecule has 0 aromatic heterocycles. The van der Waals surface area contributed by atoms with Crippen LogP contribution in [0, 0.1) is 6.92 Å². The molecular formula is C17H25. The average Bonchev–Trinajstić information content (AvgIpc) is 2.35. The summed E-state index contributed by atoms with van der Waals surface area (Å²) in [6.45, 7) is 7.44. The van der Waals surface area contributed by atoms with Crippen molar-refractivity contribution >= 4 is 0 Å². The van der Waals surface area contributed by atoms with E-state index in [-0.39, 0.29) is 0 Å². The molecule has 0 heteroatoms. The third-order valence-electron chi connectivity index (χ3n) is 2.31. The minimum absolute atomic E-state index is 1.07. The molecule has 0 atom stereocenters. The Morgan fingerprint density at radius 2 is 1.24 bits per heavy atom. The molecule has 0 fully saturated rings. The lowest BCUT2D eigenvalue weighted by atomic mass is 10.1. The van der Waals surface area contributed by atoms with Crippen LogP contribution < -0.4 is 0 Å². The highest BCUT2D eigenvalue weighted by Gasteiger charge is 1.85. The summed E-state index contributed by atoms with van der Waals surface area (Å²) in [6, 6.07) is 0. The van der Waals surface area contributed by atoms with Crippen LogP contribution in [0.5, 0.6) is 0 Å². The van der Waals surface area contributed by atoms with Gasteiger partial charge in [0.1, 0.15) is 0 Å². The molecule has 0 saturated carbocycles. The van der Waals surface area contributed by atoms with Gasteiger partial charge in [0.05, 0.1) is 0 Å². The van der Waals surface area contributed by atoms with Crippen molar-refractivity contribution in [3.8, 4) is 0 Å². The predicted molar refractivity (Wildman–Crippen MR) is 79.8 cm³/mol. The minimum Gasteiger partial charge on any atom is -0.0991 e. The number of rotatable bonds is 10. The maximum atomic E-state index is 3.84. The Labute approximate surface area is 107 Å². The van der Waals surface area contributed by atoms with E-state index in [2.05, 4.69) is 31.7 Å². The number of allylic oxidation sites excluding steroid dienone is 9. The van der Waals surface area contributed by atoms with Crippen molar-refractivity contribution in [3.63, 3.8) is 0 Å². The quantitative estimate of drug-likeness (QED) is 0.339. The van der Waals surface area contributed by atoms with Gasteiger partial charge in [-0.2, -0.15) is 0 Å². The molecule has 0 bridgehead atoms. The molecule has 93 valence electrons. The van der Waals surface area contributed by atoms with E-state index in [1.165, 1.54) is 32.1 Å². The van der Waals surface area contributed by atoms with Gasteiger partial charge in [-0.3, -0.25) is 0 Å². The smallest absolute Gasteiger partial charge is 0.0348 e. The van der Waals surface area contributed by atoms with Crippen molar-refractivity contribution in [2.24, 2.45) is 0 Å². The van der Waals surface area contributed by atoms with Crippen molar-refractivity contribution in [3.05, 3.63) is 68.2 Å². The third-order valence-corrected chi connectivity index (χ3v) is 2.31. The van der Waals surface area contributed by atoms with Crippen LogP contribution in [0.3, 0.4) is 0 Å². The van der Waals surface area contributed by atoms with Gasteiger partial charge in [-0.05, 0) is 12.8 Å². The van der Waals surface area contributed by atoms with Crippen LogP contribution >= 0.6 is 0 Å². The summed E-state index contributed by atoms with van der Waals surface area (Å²) in [5, 5.41) is 0. The largest absolute Gasteiger partial charge is 0.0991 e. The first-order valence-corrected chi connectivity index (χ1v) is 6.48. The van der Waals surface area contributed by atoms with Crippen LogP contribution in [0.25, 0.3) is 0 Å². The second-order valence-corrected chi connectivity index (χ2v) is 3.87. The molecule has 0 aliphatic carbocycles. The van der Waals surface area contributed by atoms with Crippen LogP contribution in [-0.2, 0) is 0 Å². The molecule has 0 heterocycles. The third kappa shape index (κ3) is 14.7. The van der Waals surface area contributed by atoms with E-state index < -0.39 is 0 Å². The van der Waals surface area contributed by atoms with Gasteiger partial charge in [-0.25, -0.2) is 0 Å². The molecule has 0 amide bonds. The molecule has 0 aliphatic rings. The van der Waals surface area contributed by atoms with Crippen LogP contribution in [0.4, 0.5) is 0 Å². The molecule has 0 saturated heterocycles. The molecule has 0 aliphatic heterocycles. The molecule has 0 rings (SSSR count). The molecule has 1 radical (unpaired) electrons. The fraction of sp³-hybridized carbons (Fsp3) is 0.353. The van der Waals surface area contributed by atoms with Crippen molar-refractivity contribution < 1.29 is 0 Å². The van der Waals surface area contributed by atoms with E-state index in [0.29, 0.717) is 0 Å². The monoisotopic (exact) mass is 229 g/mol. The number of hydrogen-bond acceptors (Lipinski definition) is 0. The summed E-state index contributed by atoms with van der Waals surface area (Å²) in [5.74, 6) is 0. The predicted octanol–water partition coefficient (Wildman–Crippen LogP) is 5.57. The van der Waals surface area contributed by atoms with E-state index >= 15 is 0 Å². The zero-order valence-electron chi connectivity index (χ0n) is 10.9. The number of hydrogen-bond donors (Lipinski definition) is 0. The molecule has 0 aromatic rings. The van der Waals surface area contributed by atoms with E-state index in [9.17, 15) is 0 Å². The Kier molecular flexibility index (Phi) is 13.6. The topological polar surface area (TPSA) is 0 Å². The zero-order chi connectivity index (χ0) is 12.6. The van der Waals surface area contributed by atoms with Gasteiger partial charge < -0.3 is 0 Å². The van der Waals surface area contributed by atoms with Crippen LogP contribution in [0.2, 0.25) is 0 Å². The highest BCUT2D eigenvalue weighted by Crippen LogP contribution is 2.05. The highest BCUT2D eigenvalue weighted by atomic mass is 13.9. The lowest BCUT2D eigenvalue weighted by molar-refractivity contribution is 0.651. The Bertz CT molecular complexity index is 264. The van der Waals surface area contributed by atoms with Crippen molar-refractivity contribution in [2.75, 3.05) is 0 Å². The Balaban J connectivity index is 3.40. The summed E-state index contributed by atoms with van der Waals surface area (Å²) in [5.41, 5.74) is 0. The van der Waals surface area contributed by atoms with Gasteiger partial charge in [-0.15, -0.1) is 0 Å². The van der Waals surface area contributed by atoms with Crippen LogP contribution in [0.15, 0.2) is 61.3 Å². The van der Waals surface area contributed by atoms with Crippen molar-refractivity contribution in [2.45, 2.75) is 38.5 Å². The summed E-state index contributed by atoms with van der Waals surface area (Å²) < 4.78 is 0.